The number of hydrogen-bond donors (Lipinski definition) is 1. The van der Waals surface area contributed by atoms with Gasteiger partial charge in [-0.25, -0.2) is 0 Å². The summed E-state index contributed by atoms with van der Waals surface area (Å²) in [4.78, 5) is 15.0. The Bertz CT molecular complexity index is 494. The standard InChI is InChI=1S/C36H73NO3/c1-5-7-9-11-14-21-27-35(28-22-15-12-10-8-6-2)40-36(39)29-23-16-13-18-24-30-37(32-33-38)31-25-19-17-20-26-34(3)4/h34-35,38H,5-33H2,1-4H3. The zero-order valence-electron chi connectivity index (χ0n) is 27.9. The molecule has 1 N–H and O–H groups in total. The molecule has 0 heterocycles. The van der Waals surface area contributed by atoms with Gasteiger partial charge in [-0.2, -0.15) is 0 Å². The molecule has 0 atom stereocenters. The predicted octanol–water partition coefficient (Wildman–Crippen LogP) is 10.6. The number of aliphatic hydroxyl groups excluding tert-OH is 1. The number of unbranched alkanes of at least 4 members (excludes halogenated alkanes) is 17. The molecular weight excluding hydrogens is 494 g/mol. The van der Waals surface area contributed by atoms with Crippen molar-refractivity contribution in [3.8, 4) is 0 Å². The van der Waals surface area contributed by atoms with Gasteiger partial charge < -0.3 is 14.7 Å². The zero-order valence-corrected chi connectivity index (χ0v) is 27.9. The molecule has 0 saturated heterocycles. The number of hydrogen-bond acceptors (Lipinski definition) is 4. The van der Waals surface area contributed by atoms with E-state index in [1.807, 2.05) is 0 Å². The lowest BCUT2D eigenvalue weighted by Gasteiger charge is -2.21. The maximum atomic E-state index is 12.6. The highest BCUT2D eigenvalue weighted by molar-refractivity contribution is 5.69. The highest BCUT2D eigenvalue weighted by atomic mass is 16.5. The second-order valence-corrected chi connectivity index (χ2v) is 12.9. The summed E-state index contributed by atoms with van der Waals surface area (Å²) in [6.07, 6.45) is 30.6. The van der Waals surface area contributed by atoms with Crippen molar-refractivity contribution in [3.05, 3.63) is 0 Å². The van der Waals surface area contributed by atoms with Gasteiger partial charge in [0.1, 0.15) is 6.10 Å². The summed E-state index contributed by atoms with van der Waals surface area (Å²) < 4.78 is 6.00. The van der Waals surface area contributed by atoms with E-state index in [4.69, 9.17) is 4.74 Å². The second kappa shape index (κ2) is 31.3. The van der Waals surface area contributed by atoms with E-state index in [9.17, 15) is 9.90 Å². The largest absolute Gasteiger partial charge is 0.462 e. The fraction of sp³-hybridized carbons (Fsp3) is 0.972. The highest BCUT2D eigenvalue weighted by Crippen LogP contribution is 2.18. The molecule has 4 nitrogen and oxygen atoms in total. The molecule has 0 aromatic rings. The maximum absolute atomic E-state index is 12.6. The van der Waals surface area contributed by atoms with Crippen LogP contribution in [0, 0.1) is 5.92 Å². The molecule has 0 spiro atoms. The summed E-state index contributed by atoms with van der Waals surface area (Å²) in [5.74, 6) is 0.850. The summed E-state index contributed by atoms with van der Waals surface area (Å²) in [5, 5.41) is 9.42. The number of aliphatic hydroxyl groups is 1. The molecule has 240 valence electrons. The molecule has 0 aliphatic heterocycles. The van der Waals surface area contributed by atoms with Gasteiger partial charge in [0, 0.05) is 13.0 Å². The van der Waals surface area contributed by atoms with Gasteiger partial charge in [-0.1, -0.05) is 137 Å². The summed E-state index contributed by atoms with van der Waals surface area (Å²) in [7, 11) is 0. The van der Waals surface area contributed by atoms with E-state index in [1.165, 1.54) is 128 Å². The highest BCUT2D eigenvalue weighted by Gasteiger charge is 2.14. The van der Waals surface area contributed by atoms with Gasteiger partial charge in [-0.05, 0) is 64.0 Å². The molecule has 0 aliphatic rings. The molecule has 0 bridgehead atoms. The molecule has 0 radical (unpaired) electrons. The molecule has 0 unspecified atom stereocenters. The van der Waals surface area contributed by atoms with Crippen LogP contribution in [0.3, 0.4) is 0 Å². The Hall–Kier alpha value is -0.610. The predicted molar refractivity (Wildman–Crippen MR) is 175 cm³/mol. The minimum Gasteiger partial charge on any atom is -0.462 e. The van der Waals surface area contributed by atoms with Crippen LogP contribution in [0.1, 0.15) is 188 Å². The molecule has 0 rings (SSSR count). The van der Waals surface area contributed by atoms with Crippen molar-refractivity contribution in [3.63, 3.8) is 0 Å². The van der Waals surface area contributed by atoms with Crippen LogP contribution in [0.5, 0.6) is 0 Å². The van der Waals surface area contributed by atoms with E-state index in [1.54, 1.807) is 0 Å². The number of carbonyl (C=O) groups excluding carboxylic acids is 1. The van der Waals surface area contributed by atoms with Crippen molar-refractivity contribution in [1.82, 2.24) is 4.90 Å². The summed E-state index contributed by atoms with van der Waals surface area (Å²) in [6, 6.07) is 0. The Morgan fingerprint density at radius 2 is 1.00 bits per heavy atom. The minimum absolute atomic E-state index is 0.0319. The Morgan fingerprint density at radius 3 is 1.48 bits per heavy atom. The van der Waals surface area contributed by atoms with Gasteiger partial charge in [0.05, 0.1) is 6.61 Å². The number of carbonyl (C=O) groups is 1. The van der Waals surface area contributed by atoms with Gasteiger partial charge >= 0.3 is 5.97 Å². The lowest BCUT2D eigenvalue weighted by atomic mass is 10.0. The Balaban J connectivity index is 4.05. The zero-order chi connectivity index (χ0) is 29.5. The van der Waals surface area contributed by atoms with Crippen molar-refractivity contribution in [2.75, 3.05) is 26.2 Å². The van der Waals surface area contributed by atoms with E-state index in [-0.39, 0.29) is 18.7 Å². The third kappa shape index (κ3) is 28.9. The van der Waals surface area contributed by atoms with Crippen LogP contribution in [0.4, 0.5) is 0 Å². The van der Waals surface area contributed by atoms with E-state index < -0.39 is 0 Å². The van der Waals surface area contributed by atoms with E-state index >= 15 is 0 Å². The number of rotatable bonds is 32. The molecule has 4 heteroatoms. The normalized spacial score (nSPS) is 11.8. The second-order valence-electron chi connectivity index (χ2n) is 12.9. The first-order chi connectivity index (χ1) is 19.5. The number of nitrogens with zero attached hydrogens (tertiary/aromatic N) is 1. The summed E-state index contributed by atoms with van der Waals surface area (Å²) in [5.41, 5.74) is 0. The van der Waals surface area contributed by atoms with E-state index in [0.29, 0.717) is 6.42 Å². The maximum Gasteiger partial charge on any atom is 0.306 e. The molecule has 40 heavy (non-hydrogen) atoms. The van der Waals surface area contributed by atoms with Crippen molar-refractivity contribution in [1.29, 1.82) is 0 Å². The monoisotopic (exact) mass is 568 g/mol. The van der Waals surface area contributed by atoms with Crippen LogP contribution in [-0.2, 0) is 9.53 Å². The molecule has 0 fully saturated rings. The lowest BCUT2D eigenvalue weighted by Crippen LogP contribution is -2.29. The van der Waals surface area contributed by atoms with E-state index in [0.717, 1.165) is 51.2 Å². The molecule has 0 aliphatic carbocycles. The van der Waals surface area contributed by atoms with Gasteiger partial charge in [-0.15, -0.1) is 0 Å². The molecule has 0 amide bonds. The Labute approximate surface area is 251 Å². The fourth-order valence-corrected chi connectivity index (χ4v) is 5.67. The number of esters is 1. The fourth-order valence-electron chi connectivity index (χ4n) is 5.67. The van der Waals surface area contributed by atoms with Crippen LogP contribution in [-0.4, -0.2) is 48.3 Å². The van der Waals surface area contributed by atoms with Crippen molar-refractivity contribution >= 4 is 5.97 Å². The quantitative estimate of drug-likeness (QED) is 0.0649. The molecule has 0 aromatic heterocycles. The molecular formula is C36H73NO3. The van der Waals surface area contributed by atoms with E-state index in [2.05, 4.69) is 32.6 Å². The van der Waals surface area contributed by atoms with Crippen LogP contribution in [0.25, 0.3) is 0 Å². The summed E-state index contributed by atoms with van der Waals surface area (Å²) >= 11 is 0. The van der Waals surface area contributed by atoms with Crippen LogP contribution >= 0.6 is 0 Å². The van der Waals surface area contributed by atoms with Crippen molar-refractivity contribution in [2.45, 2.75) is 194 Å². The lowest BCUT2D eigenvalue weighted by molar-refractivity contribution is -0.150. The average molecular weight is 568 g/mol. The molecule has 0 aromatic carbocycles. The summed E-state index contributed by atoms with van der Waals surface area (Å²) in [6.45, 7) is 12.4. The van der Waals surface area contributed by atoms with Gasteiger partial charge in [0.25, 0.3) is 0 Å². The van der Waals surface area contributed by atoms with Gasteiger partial charge in [0.2, 0.25) is 0 Å². The Kier molecular flexibility index (Phi) is 30.9. The average Bonchev–Trinajstić information content (AvgIpc) is 2.93. The first-order valence-corrected chi connectivity index (χ1v) is 18.1. The van der Waals surface area contributed by atoms with Crippen LogP contribution < -0.4 is 0 Å². The van der Waals surface area contributed by atoms with Gasteiger partial charge in [0.15, 0.2) is 0 Å². The third-order valence-electron chi connectivity index (χ3n) is 8.33. The van der Waals surface area contributed by atoms with Crippen molar-refractivity contribution in [2.24, 2.45) is 5.92 Å². The van der Waals surface area contributed by atoms with Gasteiger partial charge in [-0.3, -0.25) is 4.79 Å². The topological polar surface area (TPSA) is 49.8 Å². The van der Waals surface area contributed by atoms with Crippen molar-refractivity contribution < 1.29 is 14.6 Å². The first kappa shape index (κ1) is 39.4. The third-order valence-corrected chi connectivity index (χ3v) is 8.33. The van der Waals surface area contributed by atoms with Crippen LogP contribution in [0.15, 0.2) is 0 Å². The van der Waals surface area contributed by atoms with Crippen LogP contribution in [0.2, 0.25) is 0 Å². The SMILES string of the molecule is CCCCCCCCC(CCCCCCCC)OC(=O)CCCCCCCN(CCO)CCCCCCC(C)C. The molecule has 0 saturated carbocycles. The smallest absolute Gasteiger partial charge is 0.306 e. The number of ether oxygens (including phenoxy) is 1. The first-order valence-electron chi connectivity index (χ1n) is 18.1. The Morgan fingerprint density at radius 1 is 0.575 bits per heavy atom. The minimum atomic E-state index is 0.0319.